The van der Waals surface area contributed by atoms with Crippen molar-refractivity contribution < 1.29 is 36.4 Å². The molecule has 0 amide bonds. The van der Waals surface area contributed by atoms with Gasteiger partial charge in [0.05, 0.1) is 22.5 Å². The average molecular weight is 1370 g/mol. The molecule has 12 aromatic rings. The van der Waals surface area contributed by atoms with E-state index in [0.29, 0.717) is 28.0 Å². The van der Waals surface area contributed by atoms with Gasteiger partial charge in [0, 0.05) is 71.7 Å². The molecule has 4 heterocycles. The first-order valence-corrected chi connectivity index (χ1v) is 29.8. The van der Waals surface area contributed by atoms with Crippen LogP contribution in [-0.2, 0) is 12.4 Å². The van der Waals surface area contributed by atoms with Crippen molar-refractivity contribution in [2.45, 2.75) is 26.2 Å². The van der Waals surface area contributed by atoms with Crippen LogP contribution < -0.4 is 5.46 Å². The Hall–Kier alpha value is -8.64. The summed E-state index contributed by atoms with van der Waals surface area (Å²) in [5.74, 6) is 0. The maximum absolute atomic E-state index is 13.2. The number of nitrogens with zero attached hydrogens (tertiary/aromatic N) is 4. The van der Waals surface area contributed by atoms with Gasteiger partial charge in [0.25, 0.3) is 0 Å². The normalized spacial score (nSPS) is 11.2. The van der Waals surface area contributed by atoms with Gasteiger partial charge < -0.3 is 10.0 Å². The summed E-state index contributed by atoms with van der Waals surface area (Å²) >= 11 is 10.8. The third-order valence-electron chi connectivity index (χ3n) is 14.2. The van der Waals surface area contributed by atoms with Crippen LogP contribution in [0.15, 0.2) is 269 Å². The number of halogens is 9. The van der Waals surface area contributed by atoms with E-state index in [9.17, 15) is 26.3 Å². The summed E-state index contributed by atoms with van der Waals surface area (Å²) in [6.45, 7) is 3.77. The van der Waals surface area contributed by atoms with E-state index in [-0.39, 0.29) is 0 Å². The number of pyridine rings is 4. The van der Waals surface area contributed by atoms with E-state index in [4.69, 9.17) is 10.0 Å². The number of alkyl halides is 6. The van der Waals surface area contributed by atoms with Crippen LogP contribution in [0.3, 0.4) is 0 Å². The second-order valence-corrected chi connectivity index (χ2v) is 23.3. The van der Waals surface area contributed by atoms with Crippen molar-refractivity contribution in [1.29, 1.82) is 0 Å². The fourth-order valence-corrected chi connectivity index (χ4v) is 10.8. The molecule has 0 saturated carbocycles. The summed E-state index contributed by atoms with van der Waals surface area (Å²) in [6.07, 6.45) is -4.04. The van der Waals surface area contributed by atoms with Crippen LogP contribution in [0.1, 0.15) is 22.5 Å². The molecule has 0 unspecified atom stereocenters. The van der Waals surface area contributed by atoms with Gasteiger partial charge in [-0.05, 0) is 214 Å². The molecule has 0 aliphatic rings. The van der Waals surface area contributed by atoms with E-state index in [1.54, 1.807) is 24.3 Å². The third-order valence-corrected chi connectivity index (χ3v) is 15.7. The summed E-state index contributed by atoms with van der Waals surface area (Å²) in [6, 6.07) is 73.2. The molecular formula is C72H50BBr3F6N4O2. The Morgan fingerprint density at radius 2 is 0.591 bits per heavy atom. The second-order valence-electron chi connectivity index (χ2n) is 20.5. The summed E-state index contributed by atoms with van der Waals surface area (Å²) in [7, 11) is -1.41. The van der Waals surface area contributed by atoms with Crippen LogP contribution >= 0.6 is 47.8 Å². The molecule has 88 heavy (non-hydrogen) atoms. The lowest BCUT2D eigenvalue weighted by Crippen LogP contribution is -2.29. The Bertz CT molecular complexity index is 4120. The van der Waals surface area contributed by atoms with Gasteiger partial charge in [-0.2, -0.15) is 26.3 Å². The largest absolute Gasteiger partial charge is 0.490 e. The fraction of sp³-hybridized carbons (Fsp3) is 0.0556. The van der Waals surface area contributed by atoms with Gasteiger partial charge in [-0.15, -0.1) is 0 Å². The quantitative estimate of drug-likeness (QED) is 0.105. The van der Waals surface area contributed by atoms with Gasteiger partial charge >= 0.3 is 19.5 Å². The minimum Gasteiger partial charge on any atom is -0.423 e. The second kappa shape index (κ2) is 27.6. The predicted octanol–water partition coefficient (Wildman–Crippen LogP) is 20.3. The number of hydrogen-bond donors (Lipinski definition) is 2. The van der Waals surface area contributed by atoms with E-state index in [1.165, 1.54) is 51.7 Å². The van der Waals surface area contributed by atoms with Gasteiger partial charge in [-0.3, -0.25) is 19.9 Å². The van der Waals surface area contributed by atoms with Crippen molar-refractivity contribution >= 4 is 60.4 Å². The molecule has 6 nitrogen and oxygen atoms in total. The first-order valence-electron chi connectivity index (χ1n) is 27.4. The lowest BCUT2D eigenvalue weighted by Gasteiger charge is -2.14. The van der Waals surface area contributed by atoms with Crippen LogP contribution in [0.5, 0.6) is 0 Å². The highest BCUT2D eigenvalue weighted by Crippen LogP contribution is 2.39. The molecule has 4 aromatic heterocycles. The highest BCUT2D eigenvalue weighted by molar-refractivity contribution is 9.11. The van der Waals surface area contributed by atoms with Gasteiger partial charge in [0.1, 0.15) is 0 Å². The Morgan fingerprint density at radius 1 is 0.295 bits per heavy atom. The van der Waals surface area contributed by atoms with Crippen LogP contribution in [-0.4, -0.2) is 37.1 Å². The molecule has 0 bridgehead atoms. The summed E-state index contributed by atoms with van der Waals surface area (Å²) in [5, 5.41) is 17.3. The Kier molecular flexibility index (Phi) is 19.6. The molecule has 8 aromatic carbocycles. The highest BCUT2D eigenvalue weighted by Gasteiger charge is 2.31. The Labute approximate surface area is 530 Å². The zero-order chi connectivity index (χ0) is 62.1. The summed E-state index contributed by atoms with van der Waals surface area (Å²) in [5.41, 5.74) is 16.9. The molecule has 0 spiro atoms. The molecule has 0 saturated heterocycles. The molecule has 0 fully saturated rings. The SMILES string of the molecule is Brc1cccc(-c2cc(-c3cccc(Br)c3)cc(-c3cccc(Br)c3)c2)c1.Cc1ccc(-c2cccc(-c3cc(-c4cccc(-c5ccc(C(F)(F)F)cn5)c4)cc(-c4cccc(-c5ccc(C(F)(F)F)cn5)c4)c3)c2)cn1.Cc1ccc(B(O)O)cn1. The number of rotatable bonds is 10. The minimum absolute atomic E-state index is 0.400. The smallest absolute Gasteiger partial charge is 0.423 e. The van der Waals surface area contributed by atoms with Crippen LogP contribution in [0.4, 0.5) is 26.3 Å². The van der Waals surface area contributed by atoms with Crippen molar-refractivity contribution in [1.82, 2.24) is 19.9 Å². The molecule has 0 aliphatic heterocycles. The van der Waals surface area contributed by atoms with Gasteiger partial charge in [-0.1, -0.05) is 151 Å². The van der Waals surface area contributed by atoms with E-state index < -0.39 is 30.6 Å². The van der Waals surface area contributed by atoms with Crippen molar-refractivity contribution in [2.75, 3.05) is 0 Å². The van der Waals surface area contributed by atoms with Crippen LogP contribution in [0.25, 0.3) is 100 Å². The van der Waals surface area contributed by atoms with Crippen molar-refractivity contribution in [3.63, 3.8) is 0 Å². The average Bonchev–Trinajstić information content (AvgIpc) is 1.97. The van der Waals surface area contributed by atoms with Crippen LogP contribution in [0.2, 0.25) is 0 Å². The Balaban J connectivity index is 0.000000191. The fourth-order valence-electron chi connectivity index (χ4n) is 9.59. The highest BCUT2D eigenvalue weighted by atomic mass is 79.9. The van der Waals surface area contributed by atoms with Crippen molar-refractivity contribution in [3.05, 3.63) is 291 Å². The van der Waals surface area contributed by atoms with Crippen molar-refractivity contribution in [2.24, 2.45) is 0 Å². The number of hydrogen-bond acceptors (Lipinski definition) is 6. The topological polar surface area (TPSA) is 92.0 Å². The molecule has 0 atom stereocenters. The van der Waals surface area contributed by atoms with Crippen LogP contribution in [0, 0.1) is 13.8 Å². The molecule has 0 radical (unpaired) electrons. The van der Waals surface area contributed by atoms with E-state index >= 15 is 0 Å². The van der Waals surface area contributed by atoms with Gasteiger partial charge in [0.15, 0.2) is 0 Å². The monoisotopic (exact) mass is 1360 g/mol. The number of aromatic nitrogens is 4. The molecule has 2 N–H and O–H groups in total. The molecule has 436 valence electrons. The molecule has 0 aliphatic carbocycles. The standard InChI is InChI=1S/C42H27F6N3.C24H15Br3.C6H8BNO2/c1-26-11-12-33(23-49-26)27-5-2-6-28(17-27)34-20-35(29-7-3-9-31(18-29)39-15-13-37(24-50-39)41(43,44)45)22-36(21-34)30-8-4-10-32(19-30)40-16-14-38(25-51-40)42(46,47)48;25-22-7-1-4-16(13-22)19-10-20(17-5-2-8-23(26)14-17)12-21(11-19)18-6-3-9-24(27)15-18;1-5-2-3-6(4-8-5)7(9)10/h2-25H,1H3;1-15H;2-4,9-10H,1H3. The third kappa shape index (κ3) is 16.1. The first kappa shape index (κ1) is 62.4. The van der Waals surface area contributed by atoms with Gasteiger partial charge in [-0.25, -0.2) is 0 Å². The molecule has 16 heteroatoms. The Morgan fingerprint density at radius 3 is 0.875 bits per heavy atom. The van der Waals surface area contributed by atoms with Crippen molar-refractivity contribution in [3.8, 4) is 100 Å². The first-order chi connectivity index (χ1) is 42.2. The lowest BCUT2D eigenvalue weighted by atomic mass is 9.82. The lowest BCUT2D eigenvalue weighted by molar-refractivity contribution is -0.138. The zero-order valence-corrected chi connectivity index (χ0v) is 51.7. The number of aryl methyl sites for hydroxylation is 2. The minimum atomic E-state index is -4.49. The summed E-state index contributed by atoms with van der Waals surface area (Å²) < 4.78 is 82.4. The maximum atomic E-state index is 13.2. The zero-order valence-electron chi connectivity index (χ0n) is 46.9. The van der Waals surface area contributed by atoms with Gasteiger partial charge in [0.2, 0.25) is 0 Å². The predicted molar refractivity (Wildman–Crippen MR) is 352 cm³/mol. The molecular weight excluding hydrogens is 1320 g/mol. The maximum Gasteiger partial charge on any atom is 0.490 e. The molecule has 12 rings (SSSR count). The summed E-state index contributed by atoms with van der Waals surface area (Å²) in [4.78, 5) is 16.5. The van der Waals surface area contributed by atoms with E-state index in [1.807, 2.05) is 92.8 Å². The number of benzene rings is 8. The van der Waals surface area contributed by atoms with E-state index in [0.717, 1.165) is 93.8 Å². The van der Waals surface area contributed by atoms with E-state index in [2.05, 4.69) is 177 Å².